The Labute approximate surface area is 353 Å². The summed E-state index contributed by atoms with van der Waals surface area (Å²) in [4.78, 5) is 13.1. The van der Waals surface area contributed by atoms with Gasteiger partial charge in [-0.1, -0.05) is 120 Å². The second-order valence-corrected chi connectivity index (χ2v) is 15.8. The third-order valence-electron chi connectivity index (χ3n) is 10.7. The van der Waals surface area contributed by atoms with Gasteiger partial charge in [0.05, 0.1) is 32.0 Å². The molecule has 2 aliphatic heterocycles. The van der Waals surface area contributed by atoms with Crippen LogP contribution in [0.5, 0.6) is 0 Å². The van der Waals surface area contributed by atoms with Crippen LogP contribution < -0.4 is 5.32 Å². The molecule has 2 heterocycles. The van der Waals surface area contributed by atoms with Gasteiger partial charge in [-0.25, -0.2) is 0 Å². The van der Waals surface area contributed by atoms with Crippen molar-refractivity contribution in [3.8, 4) is 0 Å². The van der Waals surface area contributed by atoms with Crippen LogP contribution in [0.25, 0.3) is 0 Å². The standard InChI is InChI=1S/C45H79NO13/c1-3-5-7-9-11-13-15-17-19-21-23-25-27-29-37(50)46-33(34(49)28-26-24-22-20-18-16-14-12-10-8-6-4-2)32-56-44-42(55)40(53)43(36(31-48)58-44)59-45-41(54)39(52)38(51)35(30-47)57-45/h7,9,13,15,18,20,26,28,33-36,38-45,47-49,51-55H,3-6,8,10-12,14,16-17,19,21-25,27,29-32H2,1-2H3,(H,46,50)/b9-7-,15-13-,20-18+,28-26+. The van der Waals surface area contributed by atoms with Crippen LogP contribution in [-0.4, -0.2) is 140 Å². The summed E-state index contributed by atoms with van der Waals surface area (Å²) < 4.78 is 22.6. The number of hydrogen-bond donors (Lipinski definition) is 9. The maximum absolute atomic E-state index is 13.1. The molecule has 342 valence electrons. The molecule has 12 atom stereocenters. The van der Waals surface area contributed by atoms with Crippen molar-refractivity contribution in [3.63, 3.8) is 0 Å². The molecule has 9 N–H and O–H groups in total. The number of allylic oxidation sites excluding steroid dienone is 7. The molecule has 0 aromatic heterocycles. The van der Waals surface area contributed by atoms with E-state index < -0.39 is 86.8 Å². The Morgan fingerprint density at radius 1 is 0.610 bits per heavy atom. The van der Waals surface area contributed by atoms with E-state index in [-0.39, 0.29) is 18.9 Å². The Kier molecular flexibility index (Phi) is 29.4. The van der Waals surface area contributed by atoms with E-state index in [1.165, 1.54) is 38.5 Å². The molecule has 0 bridgehead atoms. The number of ether oxygens (including phenoxy) is 4. The number of carbonyl (C=O) groups is 1. The van der Waals surface area contributed by atoms with Gasteiger partial charge in [0.15, 0.2) is 12.6 Å². The van der Waals surface area contributed by atoms with E-state index in [1.54, 1.807) is 6.08 Å². The largest absolute Gasteiger partial charge is 0.394 e. The lowest BCUT2D eigenvalue weighted by atomic mass is 9.97. The molecule has 0 saturated carbocycles. The highest BCUT2D eigenvalue weighted by Crippen LogP contribution is 2.30. The lowest BCUT2D eigenvalue weighted by molar-refractivity contribution is -0.359. The predicted molar refractivity (Wildman–Crippen MR) is 226 cm³/mol. The minimum absolute atomic E-state index is 0.255. The molecule has 2 rings (SSSR count). The van der Waals surface area contributed by atoms with Crippen LogP contribution in [0.1, 0.15) is 136 Å². The van der Waals surface area contributed by atoms with Crippen LogP contribution in [0.3, 0.4) is 0 Å². The Morgan fingerprint density at radius 3 is 1.83 bits per heavy atom. The first-order valence-corrected chi connectivity index (χ1v) is 22.4. The fraction of sp³-hybridized carbons (Fsp3) is 0.800. The monoisotopic (exact) mass is 842 g/mol. The van der Waals surface area contributed by atoms with Crippen molar-refractivity contribution < 1.29 is 64.6 Å². The van der Waals surface area contributed by atoms with Crippen LogP contribution in [0.15, 0.2) is 48.6 Å². The summed E-state index contributed by atoms with van der Waals surface area (Å²) in [5, 5.41) is 86.3. The van der Waals surface area contributed by atoms with E-state index in [4.69, 9.17) is 18.9 Å². The van der Waals surface area contributed by atoms with E-state index in [0.29, 0.717) is 12.8 Å². The Balaban J connectivity index is 1.94. The first kappa shape index (κ1) is 53.1. The van der Waals surface area contributed by atoms with E-state index in [1.807, 2.05) is 6.08 Å². The smallest absolute Gasteiger partial charge is 0.220 e. The molecule has 2 saturated heterocycles. The van der Waals surface area contributed by atoms with Gasteiger partial charge in [-0.05, 0) is 57.8 Å². The summed E-state index contributed by atoms with van der Waals surface area (Å²) in [5.74, 6) is -0.269. The van der Waals surface area contributed by atoms with Gasteiger partial charge < -0.3 is 65.1 Å². The number of aliphatic hydroxyl groups is 8. The molecule has 12 unspecified atom stereocenters. The molecule has 14 heteroatoms. The van der Waals surface area contributed by atoms with Crippen molar-refractivity contribution in [1.82, 2.24) is 5.32 Å². The summed E-state index contributed by atoms with van der Waals surface area (Å²) in [6, 6.07) is -0.936. The van der Waals surface area contributed by atoms with Gasteiger partial charge >= 0.3 is 0 Å². The average Bonchev–Trinajstić information content (AvgIpc) is 3.23. The summed E-state index contributed by atoms with van der Waals surface area (Å²) >= 11 is 0. The molecule has 0 aliphatic carbocycles. The predicted octanol–water partition coefficient (Wildman–Crippen LogP) is 4.15. The van der Waals surface area contributed by atoms with Gasteiger partial charge in [-0.15, -0.1) is 0 Å². The van der Waals surface area contributed by atoms with Crippen LogP contribution in [0, 0.1) is 0 Å². The lowest BCUT2D eigenvalue weighted by Gasteiger charge is -2.46. The highest BCUT2D eigenvalue weighted by molar-refractivity contribution is 5.76. The number of rotatable bonds is 32. The zero-order chi connectivity index (χ0) is 43.3. The number of aliphatic hydroxyl groups excluding tert-OH is 8. The van der Waals surface area contributed by atoms with Crippen molar-refractivity contribution in [3.05, 3.63) is 48.6 Å². The van der Waals surface area contributed by atoms with Gasteiger partial charge in [0, 0.05) is 6.42 Å². The second kappa shape index (κ2) is 32.6. The number of unbranched alkanes of at least 4 members (excludes halogenated alkanes) is 13. The minimum Gasteiger partial charge on any atom is -0.394 e. The number of nitrogens with one attached hydrogen (secondary N) is 1. The highest BCUT2D eigenvalue weighted by Gasteiger charge is 2.50. The fourth-order valence-corrected chi connectivity index (χ4v) is 6.99. The third kappa shape index (κ3) is 21.1. The SMILES string of the molecule is CCC/C=C\C/C=C\CCCCCCCC(=O)NC(COC1OC(CO)C(OC2OC(CO)C(O)C(O)C2O)C(O)C1O)C(O)/C=C/CC/C=C/CCCCCCCC. The topological polar surface area (TPSA) is 228 Å². The van der Waals surface area contributed by atoms with Gasteiger partial charge in [-0.2, -0.15) is 0 Å². The molecule has 0 radical (unpaired) electrons. The summed E-state index contributed by atoms with van der Waals surface area (Å²) in [5.41, 5.74) is 0. The molecule has 2 aliphatic rings. The van der Waals surface area contributed by atoms with Gasteiger partial charge in [-0.3, -0.25) is 4.79 Å². The quantitative estimate of drug-likeness (QED) is 0.0343. The van der Waals surface area contributed by atoms with Gasteiger partial charge in [0.25, 0.3) is 0 Å². The van der Waals surface area contributed by atoms with E-state index in [9.17, 15) is 45.6 Å². The van der Waals surface area contributed by atoms with Crippen LogP contribution in [0.4, 0.5) is 0 Å². The van der Waals surface area contributed by atoms with Crippen LogP contribution in [0.2, 0.25) is 0 Å². The zero-order valence-corrected chi connectivity index (χ0v) is 35.7. The van der Waals surface area contributed by atoms with Crippen molar-refractivity contribution in [1.29, 1.82) is 0 Å². The first-order valence-electron chi connectivity index (χ1n) is 22.4. The van der Waals surface area contributed by atoms with Crippen molar-refractivity contribution in [2.45, 2.75) is 209 Å². The Bertz CT molecular complexity index is 1180. The average molecular weight is 842 g/mol. The fourth-order valence-electron chi connectivity index (χ4n) is 6.99. The molecule has 0 aromatic rings. The van der Waals surface area contributed by atoms with E-state index in [2.05, 4.69) is 55.6 Å². The summed E-state index contributed by atoms with van der Waals surface area (Å²) in [6.45, 7) is 2.63. The molecule has 0 spiro atoms. The van der Waals surface area contributed by atoms with Gasteiger partial charge in [0.2, 0.25) is 5.91 Å². The first-order chi connectivity index (χ1) is 28.6. The molecule has 0 aromatic carbocycles. The third-order valence-corrected chi connectivity index (χ3v) is 10.7. The van der Waals surface area contributed by atoms with Gasteiger partial charge in [0.1, 0.15) is 48.8 Å². The molecular formula is C45H79NO13. The van der Waals surface area contributed by atoms with E-state index in [0.717, 1.165) is 64.2 Å². The molecule has 59 heavy (non-hydrogen) atoms. The Hall–Kier alpha value is -2.05. The molecule has 14 nitrogen and oxygen atoms in total. The molecule has 2 fully saturated rings. The Morgan fingerprint density at radius 2 is 1.17 bits per heavy atom. The molecular weight excluding hydrogens is 762 g/mol. The number of carbonyl (C=O) groups excluding carboxylic acids is 1. The number of hydrogen-bond acceptors (Lipinski definition) is 13. The number of amides is 1. The van der Waals surface area contributed by atoms with Crippen LogP contribution >= 0.6 is 0 Å². The lowest BCUT2D eigenvalue weighted by Crippen LogP contribution is -2.65. The van der Waals surface area contributed by atoms with E-state index >= 15 is 0 Å². The van der Waals surface area contributed by atoms with Crippen molar-refractivity contribution >= 4 is 5.91 Å². The highest BCUT2D eigenvalue weighted by atomic mass is 16.7. The summed E-state index contributed by atoms with van der Waals surface area (Å²) in [6.07, 6.45) is 18.8. The maximum Gasteiger partial charge on any atom is 0.220 e. The second-order valence-electron chi connectivity index (χ2n) is 15.8. The zero-order valence-electron chi connectivity index (χ0n) is 35.7. The summed E-state index contributed by atoms with van der Waals surface area (Å²) in [7, 11) is 0. The van der Waals surface area contributed by atoms with Crippen molar-refractivity contribution in [2.75, 3.05) is 19.8 Å². The van der Waals surface area contributed by atoms with Crippen LogP contribution in [-0.2, 0) is 23.7 Å². The maximum atomic E-state index is 13.1. The minimum atomic E-state index is -1.79. The normalized spacial score (nSPS) is 29.0. The van der Waals surface area contributed by atoms with Crippen molar-refractivity contribution in [2.24, 2.45) is 0 Å². The molecule has 1 amide bonds.